The van der Waals surface area contributed by atoms with Crippen LogP contribution in [-0.2, 0) is 56.7 Å². The molecule has 0 saturated heterocycles. The first-order valence-corrected chi connectivity index (χ1v) is 31.0. The van der Waals surface area contributed by atoms with Crippen LogP contribution >= 0.6 is 0 Å². The van der Waals surface area contributed by atoms with Crippen LogP contribution in [0.4, 0.5) is 17.1 Å². The number of carbonyl (C=O) groups is 3. The predicted octanol–water partition coefficient (Wildman–Crippen LogP) is 5.63. The van der Waals surface area contributed by atoms with Crippen molar-refractivity contribution in [3.63, 3.8) is 0 Å². The maximum absolute atomic E-state index is 14.0. The van der Waals surface area contributed by atoms with Crippen LogP contribution in [0.15, 0.2) is 59.3 Å². The molecule has 3 aliphatic heterocycles. The first-order valence-electron chi connectivity index (χ1n) is 24.5. The highest BCUT2D eigenvalue weighted by Crippen LogP contribution is 2.54. The topological polar surface area (TPSA) is 323 Å². The van der Waals surface area contributed by atoms with Gasteiger partial charge in [0.15, 0.2) is 5.71 Å². The quantitative estimate of drug-likeness (QED) is 0.0208. The monoisotopic (exact) mass is 1130 g/mol. The summed E-state index contributed by atoms with van der Waals surface area (Å²) in [5, 5.41) is 8.19. The van der Waals surface area contributed by atoms with E-state index in [1.54, 1.807) is 42.3 Å². The molecular weight excluding hydrogens is 1050 g/mol. The fourth-order valence-electron chi connectivity index (χ4n) is 9.57. The van der Waals surface area contributed by atoms with Crippen LogP contribution in [0.1, 0.15) is 142 Å². The van der Waals surface area contributed by atoms with Crippen molar-refractivity contribution in [1.29, 1.82) is 0 Å². The third-order valence-electron chi connectivity index (χ3n) is 13.4. The SMILES string of the molecule is CCCCCCNC(=O)c1cc2c(c3c1C(C)(C)C(C)=N3)C(C)(C)C(/C=C/C=C/C=C1/N(CCCS(=O)(=O)O)c3cc(C=O)cc(C(=O)NCCS(=O)(=O)O)c3C1(C)C)=[N+]2CCCS(=O)(=O)O.CNCCS(=O)(=O)O. The Morgan fingerprint density at radius 2 is 1.24 bits per heavy atom. The maximum Gasteiger partial charge on any atom is 0.266 e. The molecule has 416 valence electrons. The molecule has 0 spiro atoms. The fourth-order valence-corrected chi connectivity index (χ4v) is 11.4. The summed E-state index contributed by atoms with van der Waals surface area (Å²) >= 11 is 0. The van der Waals surface area contributed by atoms with Crippen molar-refractivity contribution in [3.05, 3.63) is 87.7 Å². The van der Waals surface area contributed by atoms with Crippen molar-refractivity contribution >= 4 is 87.1 Å². The van der Waals surface area contributed by atoms with Gasteiger partial charge in [-0.15, -0.1) is 0 Å². The van der Waals surface area contributed by atoms with E-state index in [4.69, 9.17) is 9.55 Å². The second kappa shape index (κ2) is 25.0. The van der Waals surface area contributed by atoms with Gasteiger partial charge in [-0.05, 0) is 58.9 Å². The van der Waals surface area contributed by atoms with Crippen LogP contribution in [0.5, 0.6) is 0 Å². The van der Waals surface area contributed by atoms with Crippen LogP contribution in [0.3, 0.4) is 0 Å². The highest BCUT2D eigenvalue weighted by atomic mass is 32.2. The molecule has 5 rings (SSSR count). The van der Waals surface area contributed by atoms with Crippen LogP contribution < -0.4 is 20.9 Å². The lowest BCUT2D eigenvalue weighted by atomic mass is 9.74. The number of hydrogen-bond donors (Lipinski definition) is 7. The summed E-state index contributed by atoms with van der Waals surface area (Å²) in [6, 6.07) is 4.81. The van der Waals surface area contributed by atoms with Gasteiger partial charge in [0.05, 0.1) is 45.2 Å². The van der Waals surface area contributed by atoms with Crippen LogP contribution in [0, 0.1) is 0 Å². The lowest BCUT2D eigenvalue weighted by molar-refractivity contribution is -0.437. The molecule has 21 nitrogen and oxygen atoms in total. The van der Waals surface area contributed by atoms with E-state index in [-0.39, 0.29) is 48.7 Å². The van der Waals surface area contributed by atoms with Gasteiger partial charge < -0.3 is 20.9 Å². The largest absolute Gasteiger partial charge is 0.352 e. The average molecular weight is 1130 g/mol. The summed E-state index contributed by atoms with van der Waals surface area (Å²) in [5.41, 5.74) is 4.68. The minimum absolute atomic E-state index is 0.0231. The van der Waals surface area contributed by atoms with E-state index in [9.17, 15) is 61.7 Å². The standard InChI is InChI=1S/C47H63N5O12S3.C3H9NO3S/c1-9-10-11-15-20-48-44(55)34-29-36-41(42-40(34)45(3,4)31(2)50-42)47(7,8)38(52(36)23-17-25-66(59,60)61)19-14-12-13-18-37-46(5,6)39-33(43(54)49-21-26-67(62,63)64)27-32(30-53)28-35(39)51(37)22-16-24-65(56,57)58;1-4-2-3-8(5,6)7/h12-14,18-19,27-30H,9-11,15-17,20-26H2,1-8H3,(H4-,48,49,54,55,56,57,58,59,60,61,62,63,64);4H,2-3H2,1H3,(H,5,6,7)/p+1. The molecule has 2 amide bonds. The number of aldehydes is 1. The number of aliphatic imine (C=N–C) groups is 1. The van der Waals surface area contributed by atoms with E-state index >= 15 is 0 Å². The van der Waals surface area contributed by atoms with Crippen molar-refractivity contribution in [2.24, 2.45) is 4.99 Å². The Bertz CT molecular complexity index is 3140. The third-order valence-corrected chi connectivity index (χ3v) is 16.5. The van der Waals surface area contributed by atoms with Crippen LogP contribution in [0.2, 0.25) is 0 Å². The number of benzene rings is 2. The molecule has 0 saturated carbocycles. The highest BCUT2D eigenvalue weighted by molar-refractivity contribution is 7.86. The molecule has 0 fully saturated rings. The molecule has 75 heavy (non-hydrogen) atoms. The minimum atomic E-state index is -4.39. The zero-order valence-corrected chi connectivity index (χ0v) is 47.3. The maximum atomic E-state index is 14.0. The van der Waals surface area contributed by atoms with E-state index in [0.29, 0.717) is 53.3 Å². The molecule has 2 aromatic rings. The molecule has 0 aliphatic carbocycles. The molecule has 25 heteroatoms. The second-order valence-corrected chi connectivity index (χ2v) is 26.5. The molecule has 7 N–H and O–H groups in total. The summed E-state index contributed by atoms with van der Waals surface area (Å²) in [7, 11) is -15.1. The molecular formula is C50H73N6O15S4+. The highest BCUT2D eigenvalue weighted by Gasteiger charge is 2.51. The number of unbranched alkanes of at least 4 members (excludes halogenated alkanes) is 3. The number of amides is 2. The number of rotatable bonds is 25. The Hall–Kier alpha value is -4.99. The summed E-state index contributed by atoms with van der Waals surface area (Å²) in [5.74, 6) is -2.91. The summed E-state index contributed by atoms with van der Waals surface area (Å²) in [4.78, 5) is 46.6. The first kappa shape index (κ1) is 62.5. The molecule has 0 atom stereocenters. The van der Waals surface area contributed by atoms with E-state index in [1.807, 2.05) is 65.2 Å². The molecule has 3 heterocycles. The fraction of sp³-hybridized carbons (Fsp3) is 0.540. The van der Waals surface area contributed by atoms with Crippen molar-refractivity contribution in [1.82, 2.24) is 16.0 Å². The van der Waals surface area contributed by atoms with Crippen LogP contribution in [0.25, 0.3) is 0 Å². The number of allylic oxidation sites excluding steroid dienone is 6. The van der Waals surface area contributed by atoms with E-state index < -0.39 is 86.4 Å². The van der Waals surface area contributed by atoms with Gasteiger partial charge >= 0.3 is 0 Å². The molecule has 2 aromatic carbocycles. The van der Waals surface area contributed by atoms with Gasteiger partial charge in [0.25, 0.3) is 52.3 Å². The van der Waals surface area contributed by atoms with Crippen molar-refractivity contribution < 1.29 is 70.8 Å². The minimum Gasteiger partial charge on any atom is -0.352 e. The van der Waals surface area contributed by atoms with Gasteiger partial charge in [-0.3, -0.25) is 37.6 Å². The van der Waals surface area contributed by atoms with Gasteiger partial charge in [0.1, 0.15) is 12.8 Å². The summed E-state index contributed by atoms with van der Waals surface area (Å²) in [6.45, 7) is 16.5. The Morgan fingerprint density at radius 3 is 1.80 bits per heavy atom. The zero-order valence-electron chi connectivity index (χ0n) is 44.1. The van der Waals surface area contributed by atoms with Crippen LogP contribution in [-0.4, -0.2) is 149 Å². The lowest BCUT2D eigenvalue weighted by Gasteiger charge is -2.27. The van der Waals surface area contributed by atoms with Crippen molar-refractivity contribution in [3.8, 4) is 0 Å². The molecule has 0 aromatic heterocycles. The number of carbonyl (C=O) groups excluding carboxylic acids is 3. The van der Waals surface area contributed by atoms with Crippen molar-refractivity contribution in [2.75, 3.05) is 67.7 Å². The van der Waals surface area contributed by atoms with Gasteiger partial charge in [-0.25, -0.2) is 0 Å². The number of nitrogens with zero attached hydrogens (tertiary/aromatic N) is 3. The molecule has 0 bridgehead atoms. The van der Waals surface area contributed by atoms with Gasteiger partial charge in [-0.1, -0.05) is 72.1 Å². The smallest absolute Gasteiger partial charge is 0.266 e. The van der Waals surface area contributed by atoms with Gasteiger partial charge in [0.2, 0.25) is 5.69 Å². The van der Waals surface area contributed by atoms with Crippen molar-refractivity contribution in [2.45, 2.75) is 110 Å². The predicted molar refractivity (Wildman–Crippen MR) is 291 cm³/mol. The van der Waals surface area contributed by atoms with E-state index in [2.05, 4.69) is 22.9 Å². The zero-order chi connectivity index (χ0) is 56.5. The number of hydrogen-bond acceptors (Lipinski definition) is 14. The number of anilines is 1. The second-order valence-electron chi connectivity index (χ2n) is 20.2. The lowest BCUT2D eigenvalue weighted by Crippen LogP contribution is -2.31. The number of nitrogens with one attached hydrogen (secondary N) is 3. The first-order chi connectivity index (χ1) is 34.6. The Kier molecular flexibility index (Phi) is 20.8. The molecule has 0 radical (unpaired) electrons. The molecule has 3 aliphatic rings. The Labute approximate surface area is 442 Å². The average Bonchev–Trinajstić information content (AvgIpc) is 3.75. The Balaban J connectivity index is 0.00000140. The third kappa shape index (κ3) is 16.3. The number of fused-ring (bicyclic) bond motifs is 4. The summed E-state index contributed by atoms with van der Waals surface area (Å²) in [6.07, 6.45) is 13.5. The molecule has 0 unspecified atom stereocenters. The van der Waals surface area contributed by atoms with Gasteiger partial charge in [0, 0.05) is 94.9 Å². The van der Waals surface area contributed by atoms with Gasteiger partial charge in [-0.2, -0.15) is 38.2 Å². The van der Waals surface area contributed by atoms with E-state index in [0.717, 1.165) is 48.2 Å². The normalized spacial score (nSPS) is 17.2. The Morgan fingerprint density at radius 1 is 0.667 bits per heavy atom. The van der Waals surface area contributed by atoms with E-state index in [1.165, 1.54) is 6.07 Å². The summed E-state index contributed by atoms with van der Waals surface area (Å²) < 4.78 is 128.